The largest absolute Gasteiger partial charge is 0.352 e. The Morgan fingerprint density at radius 3 is 2.71 bits per heavy atom. The second-order valence-corrected chi connectivity index (χ2v) is 8.82. The number of urea groups is 1. The monoisotopic (exact) mass is 433 g/mol. The van der Waals surface area contributed by atoms with E-state index in [4.69, 9.17) is 0 Å². The minimum Gasteiger partial charge on any atom is -0.352 e. The molecule has 1 atom stereocenters. The van der Waals surface area contributed by atoms with E-state index in [1.54, 1.807) is 11.3 Å². The second kappa shape index (κ2) is 10.3. The van der Waals surface area contributed by atoms with Gasteiger partial charge < -0.3 is 15.5 Å². The molecule has 0 bridgehead atoms. The Balaban J connectivity index is 1.35. The molecule has 5 nitrogen and oxygen atoms in total. The third-order valence-corrected chi connectivity index (χ3v) is 6.53. The number of hydrogen-bond acceptors (Lipinski definition) is 3. The van der Waals surface area contributed by atoms with Crippen LogP contribution in [0.3, 0.4) is 0 Å². The molecule has 1 fully saturated rings. The average Bonchev–Trinajstić information content (AvgIpc) is 3.33. The fourth-order valence-corrected chi connectivity index (χ4v) is 4.66. The van der Waals surface area contributed by atoms with Crippen LogP contribution in [0.2, 0.25) is 0 Å². The van der Waals surface area contributed by atoms with Crippen molar-refractivity contribution in [3.05, 3.63) is 88.1 Å². The molecule has 160 valence electrons. The molecule has 31 heavy (non-hydrogen) atoms. The maximum absolute atomic E-state index is 12.7. The summed E-state index contributed by atoms with van der Waals surface area (Å²) in [5, 5.41) is 8.04. The fraction of sp³-hybridized carbons (Fsp3) is 0.280. The van der Waals surface area contributed by atoms with E-state index in [0.29, 0.717) is 18.7 Å². The number of para-hydroxylation sites is 1. The molecule has 4 rings (SSSR count). The Morgan fingerprint density at radius 2 is 1.90 bits per heavy atom. The zero-order valence-electron chi connectivity index (χ0n) is 17.4. The summed E-state index contributed by atoms with van der Waals surface area (Å²) < 4.78 is 0. The van der Waals surface area contributed by atoms with Crippen molar-refractivity contribution in [2.45, 2.75) is 25.2 Å². The van der Waals surface area contributed by atoms with Gasteiger partial charge in [0.1, 0.15) is 0 Å². The molecule has 1 aliphatic rings. The van der Waals surface area contributed by atoms with Crippen LogP contribution in [-0.2, 0) is 6.42 Å². The van der Waals surface area contributed by atoms with E-state index >= 15 is 0 Å². The molecule has 1 aliphatic heterocycles. The second-order valence-electron chi connectivity index (χ2n) is 7.79. The molecular formula is C25H27N3O2S. The minimum atomic E-state index is -0.0709. The highest BCUT2D eigenvalue weighted by atomic mass is 32.1. The van der Waals surface area contributed by atoms with Gasteiger partial charge in [-0.15, -0.1) is 11.3 Å². The average molecular weight is 434 g/mol. The van der Waals surface area contributed by atoms with Crippen molar-refractivity contribution in [2.75, 3.05) is 25.0 Å². The standard InChI is InChI=1S/C25H27N3O2S/c29-24(26-14-13-23-12-6-16-31-23)20-8-4-7-19(17-20)21-9-5-15-28(18-21)25(30)27-22-10-2-1-3-11-22/h1-4,6-8,10-12,16-17,21H,5,9,13-15,18H2,(H,26,29)(H,27,30)/t21-/m1/s1. The lowest BCUT2D eigenvalue weighted by atomic mass is 9.89. The van der Waals surface area contributed by atoms with Crippen LogP contribution in [0.1, 0.15) is 39.6 Å². The molecule has 0 unspecified atom stereocenters. The Morgan fingerprint density at radius 1 is 1.03 bits per heavy atom. The van der Waals surface area contributed by atoms with Crippen LogP contribution in [0.5, 0.6) is 0 Å². The number of rotatable bonds is 6. The van der Waals surface area contributed by atoms with Crippen LogP contribution in [0.4, 0.5) is 10.5 Å². The number of carbonyl (C=O) groups excluding carboxylic acids is 2. The molecule has 2 heterocycles. The Bertz CT molecular complexity index is 1000. The number of carbonyl (C=O) groups is 2. The summed E-state index contributed by atoms with van der Waals surface area (Å²) >= 11 is 1.71. The predicted octanol–water partition coefficient (Wildman–Crippen LogP) is 5.13. The highest BCUT2D eigenvalue weighted by Gasteiger charge is 2.25. The molecule has 2 aromatic carbocycles. The molecule has 0 aliphatic carbocycles. The molecule has 1 aromatic heterocycles. The fourth-order valence-electron chi connectivity index (χ4n) is 3.95. The first-order chi connectivity index (χ1) is 15.2. The van der Waals surface area contributed by atoms with Crippen LogP contribution in [-0.4, -0.2) is 36.5 Å². The van der Waals surface area contributed by atoms with Crippen LogP contribution in [0.25, 0.3) is 0 Å². The molecule has 6 heteroatoms. The SMILES string of the molecule is O=C(NCCc1cccs1)c1cccc([C@@H]2CCCN(C(=O)Nc3ccccc3)C2)c1. The summed E-state index contributed by atoms with van der Waals surface area (Å²) in [6.45, 7) is 2.03. The van der Waals surface area contributed by atoms with Gasteiger partial charge in [-0.25, -0.2) is 4.79 Å². The number of piperidine rings is 1. The third kappa shape index (κ3) is 5.73. The van der Waals surface area contributed by atoms with Crippen LogP contribution in [0.15, 0.2) is 72.1 Å². The van der Waals surface area contributed by atoms with Gasteiger partial charge in [0.25, 0.3) is 5.91 Å². The first kappa shape index (κ1) is 21.1. The van der Waals surface area contributed by atoms with E-state index in [1.165, 1.54) is 4.88 Å². The highest BCUT2D eigenvalue weighted by molar-refractivity contribution is 7.09. The number of nitrogens with zero attached hydrogens (tertiary/aromatic N) is 1. The maximum atomic E-state index is 12.7. The molecule has 2 N–H and O–H groups in total. The molecule has 0 saturated carbocycles. The molecule has 0 spiro atoms. The smallest absolute Gasteiger partial charge is 0.321 e. The lowest BCUT2D eigenvalue weighted by Gasteiger charge is -2.33. The number of amides is 3. The number of benzene rings is 2. The first-order valence-corrected chi connectivity index (χ1v) is 11.6. The lowest BCUT2D eigenvalue weighted by Crippen LogP contribution is -2.41. The van der Waals surface area contributed by atoms with Gasteiger partial charge in [-0.05, 0) is 60.5 Å². The van der Waals surface area contributed by atoms with Crippen LogP contribution >= 0.6 is 11.3 Å². The third-order valence-electron chi connectivity index (χ3n) is 5.59. The van der Waals surface area contributed by atoms with Crippen molar-refractivity contribution >= 4 is 29.0 Å². The van der Waals surface area contributed by atoms with Gasteiger partial charge in [0.15, 0.2) is 0 Å². The number of likely N-dealkylation sites (tertiary alicyclic amines) is 1. The van der Waals surface area contributed by atoms with Crippen molar-refractivity contribution in [3.8, 4) is 0 Å². The van der Waals surface area contributed by atoms with Gasteiger partial charge in [-0.3, -0.25) is 4.79 Å². The Kier molecular flexibility index (Phi) is 6.99. The van der Waals surface area contributed by atoms with Gasteiger partial charge in [-0.1, -0.05) is 36.4 Å². The van der Waals surface area contributed by atoms with Crippen molar-refractivity contribution in [1.29, 1.82) is 0 Å². The number of thiophene rings is 1. The quantitative estimate of drug-likeness (QED) is 0.566. The van der Waals surface area contributed by atoms with Crippen molar-refractivity contribution < 1.29 is 9.59 Å². The van der Waals surface area contributed by atoms with Gasteiger partial charge >= 0.3 is 6.03 Å². The van der Waals surface area contributed by atoms with Crippen molar-refractivity contribution in [3.63, 3.8) is 0 Å². The van der Waals surface area contributed by atoms with E-state index in [0.717, 1.165) is 37.1 Å². The van der Waals surface area contributed by atoms with Crippen molar-refractivity contribution in [2.24, 2.45) is 0 Å². The van der Waals surface area contributed by atoms with Crippen LogP contribution < -0.4 is 10.6 Å². The summed E-state index contributed by atoms with van der Waals surface area (Å²) in [5.41, 5.74) is 2.59. The highest BCUT2D eigenvalue weighted by Crippen LogP contribution is 2.28. The molecule has 3 aromatic rings. The number of anilines is 1. The van der Waals surface area contributed by atoms with Gasteiger partial charge in [0.05, 0.1) is 0 Å². The van der Waals surface area contributed by atoms with E-state index in [9.17, 15) is 9.59 Å². The summed E-state index contributed by atoms with van der Waals surface area (Å²) in [6, 6.07) is 21.4. The number of hydrogen-bond donors (Lipinski definition) is 2. The van der Waals surface area contributed by atoms with E-state index < -0.39 is 0 Å². The molecule has 1 saturated heterocycles. The van der Waals surface area contributed by atoms with E-state index in [2.05, 4.69) is 22.8 Å². The summed E-state index contributed by atoms with van der Waals surface area (Å²) in [7, 11) is 0. The van der Waals surface area contributed by atoms with Gasteiger partial charge in [0, 0.05) is 41.7 Å². The van der Waals surface area contributed by atoms with E-state index in [1.807, 2.05) is 64.9 Å². The zero-order chi connectivity index (χ0) is 21.5. The maximum Gasteiger partial charge on any atom is 0.321 e. The number of nitrogens with one attached hydrogen (secondary N) is 2. The van der Waals surface area contributed by atoms with Gasteiger partial charge in [-0.2, -0.15) is 0 Å². The lowest BCUT2D eigenvalue weighted by molar-refractivity contribution is 0.0954. The van der Waals surface area contributed by atoms with Gasteiger partial charge in [0.2, 0.25) is 0 Å². The molecular weight excluding hydrogens is 406 g/mol. The van der Waals surface area contributed by atoms with Crippen LogP contribution in [0, 0.1) is 0 Å². The Hall–Kier alpha value is -3.12. The Labute approximate surface area is 187 Å². The summed E-state index contributed by atoms with van der Waals surface area (Å²) in [4.78, 5) is 28.4. The van der Waals surface area contributed by atoms with E-state index in [-0.39, 0.29) is 17.9 Å². The summed E-state index contributed by atoms with van der Waals surface area (Å²) in [5.74, 6) is 0.182. The van der Waals surface area contributed by atoms with Crippen molar-refractivity contribution in [1.82, 2.24) is 10.2 Å². The summed E-state index contributed by atoms with van der Waals surface area (Å²) in [6.07, 6.45) is 2.81. The first-order valence-electron chi connectivity index (χ1n) is 10.7. The minimum absolute atomic E-state index is 0.0482. The predicted molar refractivity (Wildman–Crippen MR) is 126 cm³/mol. The molecule has 0 radical (unpaired) electrons. The normalized spacial score (nSPS) is 16.0. The molecule has 3 amide bonds. The topological polar surface area (TPSA) is 61.4 Å². The zero-order valence-corrected chi connectivity index (χ0v) is 18.2.